The summed E-state index contributed by atoms with van der Waals surface area (Å²) in [5, 5.41) is 5.27. The molecule has 0 saturated carbocycles. The second-order valence-electron chi connectivity index (χ2n) is 8.36. The van der Waals surface area contributed by atoms with Crippen molar-refractivity contribution < 1.29 is 19.1 Å². The van der Waals surface area contributed by atoms with Crippen molar-refractivity contribution in [2.75, 3.05) is 20.2 Å². The number of carbonyl (C=O) groups excluding carboxylic acids is 2. The van der Waals surface area contributed by atoms with Gasteiger partial charge in [0.05, 0.1) is 24.5 Å². The molecule has 0 radical (unpaired) electrons. The Labute approximate surface area is 184 Å². The van der Waals surface area contributed by atoms with Gasteiger partial charge in [-0.25, -0.2) is 4.68 Å². The summed E-state index contributed by atoms with van der Waals surface area (Å²) in [6.45, 7) is 0.870. The third kappa shape index (κ3) is 3.23. The quantitative estimate of drug-likeness (QED) is 0.617. The average Bonchev–Trinajstić information content (AvgIpc) is 2.81. The van der Waals surface area contributed by atoms with E-state index in [1.807, 2.05) is 0 Å². The highest BCUT2D eigenvalue weighted by molar-refractivity contribution is 6.05. The highest BCUT2D eigenvalue weighted by atomic mass is 16.5. The van der Waals surface area contributed by atoms with Crippen LogP contribution in [-0.2, 0) is 7.05 Å². The fourth-order valence-corrected chi connectivity index (χ4v) is 4.61. The third-order valence-corrected chi connectivity index (χ3v) is 6.42. The van der Waals surface area contributed by atoms with Crippen molar-refractivity contribution in [2.24, 2.45) is 7.05 Å². The van der Waals surface area contributed by atoms with Crippen LogP contribution in [-0.4, -0.2) is 52.2 Å². The van der Waals surface area contributed by atoms with Gasteiger partial charge in [0.1, 0.15) is 17.1 Å². The maximum Gasteiger partial charge on any atom is 0.274 e. The number of ketones is 1. The van der Waals surface area contributed by atoms with Gasteiger partial charge in [-0.2, -0.15) is 5.10 Å². The highest BCUT2D eigenvalue weighted by Gasteiger charge is 2.44. The molecular formula is C24H23N3O5. The number of benzene rings is 2. The largest absolute Gasteiger partial charge is 0.497 e. The fraction of sp³-hybridized carbons (Fsp3) is 0.333. The molecule has 8 heteroatoms. The van der Waals surface area contributed by atoms with Crippen molar-refractivity contribution >= 4 is 22.5 Å². The number of aryl methyl sites for hydroxylation is 1. The SMILES string of the molecule is COc1ccc2c(c1)OC1(CCN(C(=O)c3nn(C)c(=O)c4ccccc34)CC1)CC2=O. The smallest absolute Gasteiger partial charge is 0.274 e. The summed E-state index contributed by atoms with van der Waals surface area (Å²) < 4.78 is 12.8. The molecule has 3 aromatic rings. The summed E-state index contributed by atoms with van der Waals surface area (Å²) in [7, 11) is 3.12. The summed E-state index contributed by atoms with van der Waals surface area (Å²) in [5.41, 5.74) is -0.0464. The zero-order chi connectivity index (χ0) is 22.5. The molecule has 1 spiro atoms. The second kappa shape index (κ2) is 7.47. The van der Waals surface area contributed by atoms with Crippen molar-refractivity contribution in [3.63, 3.8) is 0 Å². The first-order valence-corrected chi connectivity index (χ1v) is 10.6. The van der Waals surface area contributed by atoms with Gasteiger partial charge in [0.2, 0.25) is 0 Å². The number of ether oxygens (including phenoxy) is 2. The Hall–Kier alpha value is -3.68. The van der Waals surface area contributed by atoms with Crippen LogP contribution in [0.5, 0.6) is 11.5 Å². The zero-order valence-corrected chi connectivity index (χ0v) is 18.0. The van der Waals surface area contributed by atoms with E-state index in [-0.39, 0.29) is 29.4 Å². The molecule has 5 rings (SSSR count). The first-order valence-electron chi connectivity index (χ1n) is 10.6. The monoisotopic (exact) mass is 433 g/mol. The molecule has 2 aromatic carbocycles. The number of likely N-dealkylation sites (tertiary alicyclic amines) is 1. The summed E-state index contributed by atoms with van der Waals surface area (Å²) in [4.78, 5) is 40.2. The highest BCUT2D eigenvalue weighted by Crippen LogP contribution is 2.41. The van der Waals surface area contributed by atoms with Crippen LogP contribution in [0.1, 0.15) is 40.1 Å². The van der Waals surface area contributed by atoms with E-state index in [0.717, 1.165) is 0 Å². The molecule has 0 N–H and O–H groups in total. The van der Waals surface area contributed by atoms with E-state index in [4.69, 9.17) is 9.47 Å². The third-order valence-electron chi connectivity index (χ3n) is 6.42. The van der Waals surface area contributed by atoms with E-state index in [1.54, 1.807) is 61.5 Å². The number of rotatable bonds is 2. The lowest BCUT2D eigenvalue weighted by atomic mass is 9.82. The van der Waals surface area contributed by atoms with Crippen LogP contribution in [0.4, 0.5) is 0 Å². The van der Waals surface area contributed by atoms with Crippen molar-refractivity contribution in [2.45, 2.75) is 24.9 Å². The predicted molar refractivity (Wildman–Crippen MR) is 117 cm³/mol. The standard InChI is InChI=1S/C24H23N3O5/c1-26-22(29)17-6-4-3-5-16(17)21(25-26)23(30)27-11-9-24(10-12-27)14-19(28)18-8-7-15(31-2)13-20(18)32-24/h3-8,13H,9-12,14H2,1-2H3. The zero-order valence-electron chi connectivity index (χ0n) is 18.0. The molecule has 0 atom stereocenters. The van der Waals surface area contributed by atoms with Gasteiger partial charge >= 0.3 is 0 Å². The molecule has 1 fully saturated rings. The molecule has 0 unspecified atom stereocenters. The van der Waals surface area contributed by atoms with Crippen molar-refractivity contribution in [1.82, 2.24) is 14.7 Å². The molecule has 0 aliphatic carbocycles. The fourth-order valence-electron chi connectivity index (χ4n) is 4.61. The molecule has 0 bridgehead atoms. The number of amides is 1. The minimum Gasteiger partial charge on any atom is -0.497 e. The molecule has 8 nitrogen and oxygen atoms in total. The lowest BCUT2D eigenvalue weighted by Crippen LogP contribution is -2.52. The van der Waals surface area contributed by atoms with E-state index in [1.165, 1.54) is 4.68 Å². The van der Waals surface area contributed by atoms with Gasteiger partial charge in [-0.05, 0) is 18.2 Å². The number of carbonyl (C=O) groups is 2. The van der Waals surface area contributed by atoms with Crippen LogP contribution in [0.3, 0.4) is 0 Å². The predicted octanol–water partition coefficient (Wildman–Crippen LogP) is 2.58. The topological polar surface area (TPSA) is 90.7 Å². The minimum absolute atomic E-state index is 0.0411. The summed E-state index contributed by atoms with van der Waals surface area (Å²) >= 11 is 0. The van der Waals surface area contributed by atoms with Gasteiger partial charge in [0.25, 0.3) is 11.5 Å². The molecule has 32 heavy (non-hydrogen) atoms. The number of hydrogen-bond donors (Lipinski definition) is 0. The lowest BCUT2D eigenvalue weighted by molar-refractivity contribution is -0.00594. The van der Waals surface area contributed by atoms with Gasteiger partial charge in [-0.15, -0.1) is 0 Å². The van der Waals surface area contributed by atoms with Gasteiger partial charge < -0.3 is 14.4 Å². The molecule has 2 aliphatic rings. The van der Waals surface area contributed by atoms with Crippen LogP contribution in [0, 0.1) is 0 Å². The first-order chi connectivity index (χ1) is 15.4. The number of Topliss-reactive ketones (excluding diaryl/α,β-unsaturated/α-hetero) is 1. The van der Waals surface area contributed by atoms with Crippen molar-refractivity contribution in [3.05, 3.63) is 64.1 Å². The van der Waals surface area contributed by atoms with Gasteiger partial charge in [-0.1, -0.05) is 18.2 Å². The molecule has 3 heterocycles. The summed E-state index contributed by atoms with van der Waals surface area (Å²) in [6, 6.07) is 12.2. The molecule has 1 amide bonds. The summed E-state index contributed by atoms with van der Waals surface area (Å²) in [6.07, 6.45) is 1.35. The van der Waals surface area contributed by atoms with E-state index >= 15 is 0 Å². The maximum absolute atomic E-state index is 13.3. The Kier molecular flexibility index (Phi) is 4.73. The summed E-state index contributed by atoms with van der Waals surface area (Å²) in [5.74, 6) is 0.982. The van der Waals surface area contributed by atoms with Crippen LogP contribution in [0.25, 0.3) is 10.8 Å². The lowest BCUT2D eigenvalue weighted by Gasteiger charge is -2.43. The maximum atomic E-state index is 13.3. The Morgan fingerprint density at radius 2 is 1.81 bits per heavy atom. The number of piperidine rings is 1. The molecule has 2 aliphatic heterocycles. The average molecular weight is 433 g/mol. The Bertz CT molecular complexity index is 1300. The number of methoxy groups -OCH3 is 1. The van der Waals surface area contributed by atoms with Crippen LogP contribution >= 0.6 is 0 Å². The van der Waals surface area contributed by atoms with E-state index < -0.39 is 5.60 Å². The van der Waals surface area contributed by atoms with Crippen LogP contribution in [0.2, 0.25) is 0 Å². The first kappa shape index (κ1) is 20.2. The molecule has 164 valence electrons. The molecular weight excluding hydrogens is 410 g/mol. The Balaban J connectivity index is 1.39. The number of fused-ring (bicyclic) bond motifs is 2. The van der Waals surface area contributed by atoms with E-state index in [2.05, 4.69) is 5.10 Å². The molecule has 1 saturated heterocycles. The van der Waals surface area contributed by atoms with Gasteiger partial charge in [0.15, 0.2) is 11.5 Å². The normalized spacial score (nSPS) is 17.2. The van der Waals surface area contributed by atoms with Gasteiger partial charge in [-0.3, -0.25) is 14.4 Å². The minimum atomic E-state index is -0.633. The number of hydrogen-bond acceptors (Lipinski definition) is 6. The van der Waals surface area contributed by atoms with Crippen LogP contribution < -0.4 is 15.0 Å². The van der Waals surface area contributed by atoms with E-state index in [9.17, 15) is 14.4 Å². The van der Waals surface area contributed by atoms with E-state index in [0.29, 0.717) is 53.8 Å². The van der Waals surface area contributed by atoms with Crippen LogP contribution in [0.15, 0.2) is 47.3 Å². The second-order valence-corrected chi connectivity index (χ2v) is 8.36. The Morgan fingerprint density at radius 3 is 2.53 bits per heavy atom. The number of aromatic nitrogens is 2. The van der Waals surface area contributed by atoms with Crippen molar-refractivity contribution in [3.8, 4) is 11.5 Å². The van der Waals surface area contributed by atoms with Gasteiger partial charge in [0, 0.05) is 44.4 Å². The number of nitrogens with zero attached hydrogens (tertiary/aromatic N) is 3. The molecule has 1 aromatic heterocycles. The van der Waals surface area contributed by atoms with Crippen molar-refractivity contribution in [1.29, 1.82) is 0 Å². The Morgan fingerprint density at radius 1 is 1.09 bits per heavy atom.